The molecule has 1 aliphatic carbocycles. The van der Waals surface area contributed by atoms with E-state index in [4.69, 9.17) is 0 Å². The maximum absolute atomic E-state index is 12.9. The maximum atomic E-state index is 12.9. The number of aromatic nitrogens is 3. The van der Waals surface area contributed by atoms with Gasteiger partial charge in [-0.05, 0) is 62.8 Å². The molecule has 0 fully saturated rings. The third kappa shape index (κ3) is 9.94. The van der Waals surface area contributed by atoms with Crippen molar-refractivity contribution in [2.45, 2.75) is 63.1 Å². The molecule has 0 radical (unpaired) electrons. The minimum absolute atomic E-state index is 0.0653. The number of hydrogen-bond donors (Lipinski definition) is 3. The Morgan fingerprint density at radius 1 is 0.667 bits per heavy atom. The Kier molecular flexibility index (Phi) is 12.3. The third-order valence-electron chi connectivity index (χ3n) is 7.17. The van der Waals surface area contributed by atoms with Crippen LogP contribution in [0.25, 0.3) is 0 Å². The van der Waals surface area contributed by atoms with E-state index in [1.807, 2.05) is 83.2 Å². The van der Waals surface area contributed by atoms with Gasteiger partial charge in [0.05, 0.1) is 23.3 Å². The lowest BCUT2D eigenvalue weighted by Crippen LogP contribution is -2.41. The van der Waals surface area contributed by atoms with Gasteiger partial charge in [0, 0.05) is 11.4 Å². The first kappa shape index (κ1) is 34.3. The van der Waals surface area contributed by atoms with Gasteiger partial charge in [-0.1, -0.05) is 102 Å². The van der Waals surface area contributed by atoms with Crippen LogP contribution in [-0.2, 0) is 14.4 Å². The first-order chi connectivity index (χ1) is 21.5. The Labute approximate surface area is 277 Å². The second-order valence-electron chi connectivity index (χ2n) is 10.9. The van der Waals surface area contributed by atoms with Crippen LogP contribution in [0.2, 0.25) is 0 Å². The SMILES string of the molecule is CC1=CC=C[C@@H](C)[C@H]1NC(=O)CSc1nc(SCC(=O)Nc2c(C)cccc2C)nc(SCC(=O)Nc2c(C)cccc2C)n1. The van der Waals surface area contributed by atoms with Gasteiger partial charge in [0.15, 0.2) is 15.5 Å². The fraction of sp³-hybridized carbons (Fsp3) is 0.333. The number of allylic oxidation sites excluding steroid dienone is 2. The third-order valence-corrected chi connectivity index (χ3v) is 9.71. The van der Waals surface area contributed by atoms with Crippen LogP contribution >= 0.6 is 35.3 Å². The lowest BCUT2D eigenvalue weighted by atomic mass is 9.91. The summed E-state index contributed by atoms with van der Waals surface area (Å²) in [4.78, 5) is 52.1. The van der Waals surface area contributed by atoms with Crippen molar-refractivity contribution in [2.75, 3.05) is 27.9 Å². The highest BCUT2D eigenvalue weighted by molar-refractivity contribution is 8.01. The first-order valence-corrected chi connectivity index (χ1v) is 17.5. The molecule has 2 aromatic carbocycles. The van der Waals surface area contributed by atoms with E-state index in [2.05, 4.69) is 43.9 Å². The zero-order chi connectivity index (χ0) is 32.5. The Balaban J connectivity index is 1.44. The number of rotatable bonds is 12. The zero-order valence-corrected chi connectivity index (χ0v) is 28.7. The average Bonchev–Trinajstić information content (AvgIpc) is 3.00. The molecule has 3 amide bonds. The molecule has 0 spiro atoms. The van der Waals surface area contributed by atoms with Crippen molar-refractivity contribution in [3.63, 3.8) is 0 Å². The van der Waals surface area contributed by atoms with Crippen LogP contribution in [0.1, 0.15) is 36.1 Å². The lowest BCUT2D eigenvalue weighted by molar-refractivity contribution is -0.119. The molecule has 0 aliphatic heterocycles. The molecule has 4 rings (SSSR count). The van der Waals surface area contributed by atoms with Crippen molar-refractivity contribution < 1.29 is 14.4 Å². The maximum Gasteiger partial charge on any atom is 0.234 e. The molecule has 3 aromatic rings. The highest BCUT2D eigenvalue weighted by Gasteiger charge is 2.22. The molecule has 45 heavy (non-hydrogen) atoms. The number of hydrogen-bond acceptors (Lipinski definition) is 9. The van der Waals surface area contributed by atoms with Gasteiger partial charge < -0.3 is 16.0 Å². The number of carbonyl (C=O) groups is 3. The van der Waals surface area contributed by atoms with E-state index < -0.39 is 0 Å². The molecule has 0 saturated carbocycles. The number of para-hydroxylation sites is 2. The van der Waals surface area contributed by atoms with Crippen molar-refractivity contribution in [3.8, 4) is 0 Å². The molecule has 0 bridgehead atoms. The molecule has 0 saturated heterocycles. The molecule has 2 atom stereocenters. The van der Waals surface area contributed by atoms with Crippen LogP contribution in [0, 0.1) is 33.6 Å². The van der Waals surface area contributed by atoms with E-state index in [0.29, 0.717) is 15.5 Å². The number of carbonyl (C=O) groups excluding carboxylic acids is 3. The fourth-order valence-corrected chi connectivity index (χ4v) is 6.84. The predicted molar refractivity (Wildman–Crippen MR) is 185 cm³/mol. The summed E-state index contributed by atoms with van der Waals surface area (Å²) in [6, 6.07) is 11.6. The molecular formula is C33H38N6O3S3. The van der Waals surface area contributed by atoms with Gasteiger partial charge in [0.2, 0.25) is 17.7 Å². The summed E-state index contributed by atoms with van der Waals surface area (Å²) in [5.41, 5.74) is 6.60. The van der Waals surface area contributed by atoms with Crippen LogP contribution in [0.5, 0.6) is 0 Å². The number of benzene rings is 2. The van der Waals surface area contributed by atoms with Gasteiger partial charge in [-0.25, -0.2) is 0 Å². The number of amides is 3. The summed E-state index contributed by atoms with van der Waals surface area (Å²) in [6.07, 6.45) is 6.08. The first-order valence-electron chi connectivity index (χ1n) is 14.5. The van der Waals surface area contributed by atoms with Crippen LogP contribution in [0.15, 0.2) is 75.7 Å². The minimum Gasteiger partial charge on any atom is -0.348 e. The van der Waals surface area contributed by atoms with E-state index in [9.17, 15) is 14.4 Å². The van der Waals surface area contributed by atoms with Crippen molar-refractivity contribution in [2.24, 2.45) is 5.92 Å². The molecule has 12 heteroatoms. The predicted octanol–water partition coefficient (Wildman–Crippen LogP) is 6.30. The summed E-state index contributed by atoms with van der Waals surface area (Å²) in [5, 5.41) is 10.1. The molecule has 1 heterocycles. The lowest BCUT2D eigenvalue weighted by Gasteiger charge is -2.26. The highest BCUT2D eigenvalue weighted by Crippen LogP contribution is 2.26. The smallest absolute Gasteiger partial charge is 0.234 e. The van der Waals surface area contributed by atoms with Gasteiger partial charge in [0.25, 0.3) is 0 Å². The zero-order valence-electron chi connectivity index (χ0n) is 26.3. The Morgan fingerprint density at radius 3 is 1.47 bits per heavy atom. The summed E-state index contributed by atoms with van der Waals surface area (Å²) < 4.78 is 0. The number of nitrogens with zero attached hydrogens (tertiary/aromatic N) is 3. The Morgan fingerprint density at radius 2 is 1.07 bits per heavy atom. The molecular weight excluding hydrogens is 625 g/mol. The monoisotopic (exact) mass is 662 g/mol. The van der Waals surface area contributed by atoms with Crippen molar-refractivity contribution in [3.05, 3.63) is 82.5 Å². The van der Waals surface area contributed by atoms with Crippen LogP contribution in [0.3, 0.4) is 0 Å². The van der Waals surface area contributed by atoms with Crippen molar-refractivity contribution in [1.29, 1.82) is 0 Å². The van der Waals surface area contributed by atoms with E-state index in [1.54, 1.807) is 0 Å². The van der Waals surface area contributed by atoms with Gasteiger partial charge in [0.1, 0.15) is 0 Å². The largest absolute Gasteiger partial charge is 0.348 e. The number of nitrogens with one attached hydrogen (secondary N) is 3. The second-order valence-corrected chi connectivity index (χ2v) is 13.7. The Hall–Kier alpha value is -3.61. The average molecular weight is 663 g/mol. The molecule has 9 nitrogen and oxygen atoms in total. The number of thioether (sulfide) groups is 3. The van der Waals surface area contributed by atoms with E-state index in [1.165, 1.54) is 35.3 Å². The molecule has 236 valence electrons. The molecule has 1 aromatic heterocycles. The van der Waals surface area contributed by atoms with Crippen LogP contribution in [-0.4, -0.2) is 56.0 Å². The van der Waals surface area contributed by atoms with Gasteiger partial charge >= 0.3 is 0 Å². The quantitative estimate of drug-likeness (QED) is 0.192. The van der Waals surface area contributed by atoms with E-state index in [0.717, 1.165) is 39.2 Å². The van der Waals surface area contributed by atoms with Crippen LogP contribution in [0.4, 0.5) is 11.4 Å². The summed E-state index contributed by atoms with van der Waals surface area (Å²) in [5.74, 6) is -0.0454. The summed E-state index contributed by atoms with van der Waals surface area (Å²) >= 11 is 3.54. The van der Waals surface area contributed by atoms with Gasteiger partial charge in [-0.3, -0.25) is 14.4 Å². The Bertz CT molecular complexity index is 1510. The number of aryl methyl sites for hydroxylation is 4. The second kappa shape index (κ2) is 16.1. The van der Waals surface area contributed by atoms with E-state index >= 15 is 0 Å². The fourth-order valence-electron chi connectivity index (χ4n) is 4.75. The number of anilines is 2. The molecule has 3 N–H and O–H groups in total. The van der Waals surface area contributed by atoms with Crippen LogP contribution < -0.4 is 16.0 Å². The normalized spacial score (nSPS) is 15.7. The van der Waals surface area contributed by atoms with Crippen molar-refractivity contribution >= 4 is 64.4 Å². The van der Waals surface area contributed by atoms with Gasteiger partial charge in [-0.15, -0.1) is 0 Å². The minimum atomic E-state index is -0.187. The van der Waals surface area contributed by atoms with Crippen molar-refractivity contribution in [1.82, 2.24) is 20.3 Å². The molecule has 1 aliphatic rings. The van der Waals surface area contributed by atoms with E-state index in [-0.39, 0.29) is 46.9 Å². The topological polar surface area (TPSA) is 126 Å². The highest BCUT2D eigenvalue weighted by atomic mass is 32.2. The summed E-state index contributed by atoms with van der Waals surface area (Å²) in [7, 11) is 0. The van der Waals surface area contributed by atoms with Gasteiger partial charge in [-0.2, -0.15) is 15.0 Å². The summed E-state index contributed by atoms with van der Waals surface area (Å²) in [6.45, 7) is 11.9. The standard InChI is InChI=1S/C33H38N6O3S3/c1-19-10-7-11-20(2)28(19)34-25(40)16-43-31-37-32(44-17-26(41)35-29-21(3)12-8-13-22(29)4)39-33(38-31)45-18-27(42)36-30-23(5)14-9-15-24(30)6/h7-15,19,28H,16-18H2,1-6H3,(H,34,40)(H,35,41)(H,36,42)/t19-,28-/m1/s1. The molecule has 0 unspecified atom stereocenters.